The van der Waals surface area contributed by atoms with Crippen LogP contribution in [0.25, 0.3) is 0 Å². The zero-order chi connectivity index (χ0) is 11.7. The largest absolute Gasteiger partial charge is 0.481 e. The van der Waals surface area contributed by atoms with Gasteiger partial charge in [0.2, 0.25) is 0 Å². The van der Waals surface area contributed by atoms with Crippen LogP contribution in [0.1, 0.15) is 32.1 Å². The highest BCUT2D eigenvalue weighted by Gasteiger charge is 2.10. The topological polar surface area (TPSA) is 94.8 Å². The Hall–Kier alpha value is -1.36. The summed E-state index contributed by atoms with van der Waals surface area (Å²) in [6.45, 7) is 0.130. The maximum atomic E-state index is 10.6. The quantitative estimate of drug-likeness (QED) is 0.416. The smallest absolute Gasteiger partial charge is 0.331 e. The van der Waals surface area contributed by atoms with Crippen molar-refractivity contribution in [1.29, 1.82) is 0 Å². The lowest BCUT2D eigenvalue weighted by Crippen LogP contribution is -2.06. The van der Waals surface area contributed by atoms with Crippen molar-refractivity contribution in [3.63, 3.8) is 0 Å². The van der Waals surface area contributed by atoms with E-state index in [1.165, 1.54) is 6.08 Å². The molecule has 0 heterocycles. The predicted octanol–water partition coefficient (Wildman–Crippen LogP) is 1.02. The summed E-state index contributed by atoms with van der Waals surface area (Å²) in [5.41, 5.74) is -0.0773. The van der Waals surface area contributed by atoms with E-state index >= 15 is 0 Å². The molecule has 0 saturated heterocycles. The van der Waals surface area contributed by atoms with Gasteiger partial charge in [-0.05, 0) is 19.3 Å². The average Bonchev–Trinajstić information content (AvgIpc) is 2.15. The van der Waals surface area contributed by atoms with Crippen LogP contribution >= 0.6 is 0 Å². The first-order valence-corrected chi connectivity index (χ1v) is 4.83. The minimum absolute atomic E-state index is 0.0773. The SMILES string of the molecule is O=C(O)C/C(=C/CCCCCO)C(=O)O. The number of aliphatic hydroxyl groups is 1. The van der Waals surface area contributed by atoms with Gasteiger partial charge in [0.15, 0.2) is 0 Å². The molecule has 0 aromatic rings. The summed E-state index contributed by atoms with van der Waals surface area (Å²) >= 11 is 0. The van der Waals surface area contributed by atoms with E-state index in [1.54, 1.807) is 0 Å². The van der Waals surface area contributed by atoms with Crippen LogP contribution in [0.3, 0.4) is 0 Å². The lowest BCUT2D eigenvalue weighted by atomic mass is 10.1. The van der Waals surface area contributed by atoms with E-state index < -0.39 is 18.4 Å². The fourth-order valence-corrected chi connectivity index (χ4v) is 1.11. The number of unbranched alkanes of at least 4 members (excludes halogenated alkanes) is 3. The molecule has 0 aliphatic carbocycles. The van der Waals surface area contributed by atoms with Crippen LogP contribution in [0.4, 0.5) is 0 Å². The summed E-state index contributed by atoms with van der Waals surface area (Å²) in [5, 5.41) is 25.6. The van der Waals surface area contributed by atoms with Gasteiger partial charge in [-0.25, -0.2) is 4.79 Å². The van der Waals surface area contributed by atoms with Gasteiger partial charge >= 0.3 is 11.9 Å². The van der Waals surface area contributed by atoms with E-state index in [-0.39, 0.29) is 12.2 Å². The number of hydrogen-bond donors (Lipinski definition) is 3. The fourth-order valence-electron chi connectivity index (χ4n) is 1.11. The number of carbonyl (C=O) groups is 2. The Morgan fingerprint density at radius 2 is 1.73 bits per heavy atom. The van der Waals surface area contributed by atoms with Crippen LogP contribution in [0.2, 0.25) is 0 Å². The fraction of sp³-hybridized carbons (Fsp3) is 0.600. The molecule has 0 aromatic carbocycles. The van der Waals surface area contributed by atoms with Crippen molar-refractivity contribution < 1.29 is 24.9 Å². The molecule has 0 radical (unpaired) electrons. The number of allylic oxidation sites excluding steroid dienone is 1. The molecule has 5 nitrogen and oxygen atoms in total. The number of aliphatic carboxylic acids is 2. The standard InChI is InChI=1S/C10H16O5/c11-6-4-2-1-3-5-8(10(14)15)7-9(12)13/h5,11H,1-4,6-7H2,(H,12,13)(H,14,15)/b8-5-. The van der Waals surface area contributed by atoms with E-state index in [2.05, 4.69) is 0 Å². The minimum Gasteiger partial charge on any atom is -0.481 e. The number of carboxylic acids is 2. The highest BCUT2D eigenvalue weighted by molar-refractivity contribution is 5.91. The first-order chi connectivity index (χ1) is 7.07. The Labute approximate surface area is 88.0 Å². The van der Waals surface area contributed by atoms with Crippen LogP contribution in [0, 0.1) is 0 Å². The second-order valence-electron chi connectivity index (χ2n) is 3.18. The summed E-state index contributed by atoms with van der Waals surface area (Å²) in [5.74, 6) is -2.32. The average molecular weight is 216 g/mol. The molecule has 0 unspecified atom stereocenters. The van der Waals surface area contributed by atoms with Crippen LogP contribution < -0.4 is 0 Å². The van der Waals surface area contributed by atoms with E-state index in [9.17, 15) is 9.59 Å². The van der Waals surface area contributed by atoms with Crippen molar-refractivity contribution in [3.05, 3.63) is 11.6 Å². The molecule has 5 heteroatoms. The van der Waals surface area contributed by atoms with Crippen LogP contribution in [0.15, 0.2) is 11.6 Å². The lowest BCUT2D eigenvalue weighted by Gasteiger charge is -1.99. The molecule has 0 aliphatic rings. The van der Waals surface area contributed by atoms with Crippen LogP contribution in [0.5, 0.6) is 0 Å². The molecule has 0 aliphatic heterocycles. The zero-order valence-corrected chi connectivity index (χ0v) is 8.48. The van der Waals surface area contributed by atoms with Gasteiger partial charge in [-0.15, -0.1) is 0 Å². The summed E-state index contributed by atoms with van der Waals surface area (Å²) < 4.78 is 0. The van der Waals surface area contributed by atoms with E-state index in [4.69, 9.17) is 15.3 Å². The van der Waals surface area contributed by atoms with Crippen molar-refractivity contribution >= 4 is 11.9 Å². The maximum Gasteiger partial charge on any atom is 0.331 e. The third-order valence-electron chi connectivity index (χ3n) is 1.87. The molecular weight excluding hydrogens is 200 g/mol. The van der Waals surface area contributed by atoms with Gasteiger partial charge in [-0.1, -0.05) is 12.5 Å². The van der Waals surface area contributed by atoms with E-state index in [0.717, 1.165) is 12.8 Å². The van der Waals surface area contributed by atoms with E-state index in [0.29, 0.717) is 12.8 Å². The zero-order valence-electron chi connectivity index (χ0n) is 8.48. The summed E-state index contributed by atoms with van der Waals surface area (Å²) in [4.78, 5) is 20.9. The lowest BCUT2D eigenvalue weighted by molar-refractivity contribution is -0.139. The van der Waals surface area contributed by atoms with Gasteiger partial charge in [-0.3, -0.25) is 4.79 Å². The Kier molecular flexibility index (Phi) is 7.27. The van der Waals surface area contributed by atoms with Gasteiger partial charge in [0, 0.05) is 12.2 Å². The van der Waals surface area contributed by atoms with Crippen LogP contribution in [-0.4, -0.2) is 33.9 Å². The first kappa shape index (κ1) is 13.6. The molecule has 15 heavy (non-hydrogen) atoms. The summed E-state index contributed by atoms with van der Waals surface area (Å²) in [6.07, 6.45) is 3.79. The van der Waals surface area contributed by atoms with Gasteiger partial charge in [0.1, 0.15) is 0 Å². The Morgan fingerprint density at radius 1 is 1.07 bits per heavy atom. The molecule has 3 N–H and O–H groups in total. The normalized spacial score (nSPS) is 11.4. The third kappa shape index (κ3) is 7.69. The number of carboxylic acid groups (broad SMARTS) is 2. The molecule has 0 rings (SSSR count). The van der Waals surface area contributed by atoms with Crippen molar-refractivity contribution in [2.45, 2.75) is 32.1 Å². The van der Waals surface area contributed by atoms with Gasteiger partial charge in [-0.2, -0.15) is 0 Å². The molecule has 86 valence electrons. The molecule has 0 saturated carbocycles. The Morgan fingerprint density at radius 3 is 2.20 bits per heavy atom. The van der Waals surface area contributed by atoms with Gasteiger partial charge < -0.3 is 15.3 Å². The molecule has 0 amide bonds. The highest BCUT2D eigenvalue weighted by atomic mass is 16.4. The number of aliphatic hydroxyl groups excluding tert-OH is 1. The van der Waals surface area contributed by atoms with Crippen molar-refractivity contribution in [2.24, 2.45) is 0 Å². The molecule has 0 atom stereocenters. The first-order valence-electron chi connectivity index (χ1n) is 4.83. The molecule has 0 spiro atoms. The Balaban J connectivity index is 3.96. The monoisotopic (exact) mass is 216 g/mol. The summed E-state index contributed by atoms with van der Waals surface area (Å²) in [7, 11) is 0. The molecule has 0 aromatic heterocycles. The molecule has 0 bridgehead atoms. The number of hydrogen-bond acceptors (Lipinski definition) is 3. The van der Waals surface area contributed by atoms with Gasteiger partial charge in [0.05, 0.1) is 6.42 Å². The predicted molar refractivity (Wildman–Crippen MR) is 53.5 cm³/mol. The van der Waals surface area contributed by atoms with E-state index in [1.807, 2.05) is 0 Å². The molecular formula is C10H16O5. The molecule has 0 fully saturated rings. The highest BCUT2D eigenvalue weighted by Crippen LogP contribution is 2.07. The third-order valence-corrected chi connectivity index (χ3v) is 1.87. The van der Waals surface area contributed by atoms with Crippen molar-refractivity contribution in [2.75, 3.05) is 6.61 Å². The van der Waals surface area contributed by atoms with Crippen molar-refractivity contribution in [1.82, 2.24) is 0 Å². The van der Waals surface area contributed by atoms with Gasteiger partial charge in [0.25, 0.3) is 0 Å². The number of rotatable bonds is 8. The summed E-state index contributed by atoms with van der Waals surface area (Å²) in [6, 6.07) is 0. The minimum atomic E-state index is -1.18. The second kappa shape index (κ2) is 7.99. The van der Waals surface area contributed by atoms with Crippen LogP contribution in [-0.2, 0) is 9.59 Å². The Bertz CT molecular complexity index is 244. The van der Waals surface area contributed by atoms with Crippen molar-refractivity contribution in [3.8, 4) is 0 Å². The maximum absolute atomic E-state index is 10.6. The second-order valence-corrected chi connectivity index (χ2v) is 3.18.